The maximum Gasteiger partial charge on any atom is 0.227 e. The molecule has 2 aromatic carbocycles. The van der Waals surface area contributed by atoms with Crippen molar-refractivity contribution in [2.45, 2.75) is 45.7 Å². The Labute approximate surface area is 205 Å². The van der Waals surface area contributed by atoms with Crippen LogP contribution in [0.3, 0.4) is 0 Å². The Balaban J connectivity index is 1.96. The monoisotopic (exact) mass is 479 g/mol. The molecule has 2 aliphatic rings. The first-order valence-electron chi connectivity index (χ1n) is 11.6. The van der Waals surface area contributed by atoms with Crippen LogP contribution in [0.1, 0.15) is 50.3 Å². The highest BCUT2D eigenvalue weighted by Crippen LogP contribution is 2.42. The van der Waals surface area contributed by atoms with Crippen molar-refractivity contribution in [2.24, 2.45) is 10.9 Å². The van der Waals surface area contributed by atoms with Crippen molar-refractivity contribution in [1.29, 1.82) is 0 Å². The van der Waals surface area contributed by atoms with Gasteiger partial charge in [0.15, 0.2) is 0 Å². The second-order valence-electron chi connectivity index (χ2n) is 8.91. The van der Waals surface area contributed by atoms with Crippen molar-refractivity contribution >= 4 is 34.7 Å². The van der Waals surface area contributed by atoms with E-state index in [1.54, 1.807) is 12.0 Å². The molecule has 2 amide bonds. The average molecular weight is 480 g/mol. The van der Waals surface area contributed by atoms with E-state index in [1.165, 1.54) is 0 Å². The number of nitrogens with zero attached hydrogens (tertiary/aromatic N) is 2. The highest BCUT2D eigenvalue weighted by Gasteiger charge is 2.39. The Hall–Kier alpha value is -3.12. The fourth-order valence-electron chi connectivity index (χ4n) is 4.68. The van der Waals surface area contributed by atoms with Crippen LogP contribution in [0.5, 0.6) is 5.75 Å². The van der Waals surface area contributed by atoms with Crippen molar-refractivity contribution in [2.75, 3.05) is 13.7 Å². The maximum atomic E-state index is 13.1. The van der Waals surface area contributed by atoms with Crippen LogP contribution in [-0.2, 0) is 9.59 Å². The summed E-state index contributed by atoms with van der Waals surface area (Å²) in [6.07, 6.45) is 2.46. The molecule has 1 N–H and O–H groups in total. The highest BCUT2D eigenvalue weighted by molar-refractivity contribution is 6.30. The van der Waals surface area contributed by atoms with Gasteiger partial charge in [0.1, 0.15) is 5.75 Å². The second kappa shape index (κ2) is 10.0. The standard InChI is InChI=1S/C27H30ClN3O3/c1-5-29-25(32)14-24-21-13-26(33)31(16(2)3)15-23(21)20-11-10-19(34-4)12-22(20)27(30-24)17-6-8-18(28)9-7-17/h6-12,15-16,21,24H,5,13-14H2,1-4H3,(H,29,32). The molecule has 0 aliphatic carbocycles. The Morgan fingerprint density at radius 2 is 1.94 bits per heavy atom. The molecular formula is C27H30ClN3O3. The fraction of sp³-hybridized carbons (Fsp3) is 0.370. The van der Waals surface area contributed by atoms with Gasteiger partial charge in [0.2, 0.25) is 11.8 Å². The van der Waals surface area contributed by atoms with Gasteiger partial charge < -0.3 is 15.0 Å². The van der Waals surface area contributed by atoms with Crippen molar-refractivity contribution in [3.63, 3.8) is 0 Å². The lowest BCUT2D eigenvalue weighted by Crippen LogP contribution is -2.41. The largest absolute Gasteiger partial charge is 0.497 e. The van der Waals surface area contributed by atoms with Crippen LogP contribution in [0.25, 0.3) is 5.57 Å². The van der Waals surface area contributed by atoms with Gasteiger partial charge in [-0.3, -0.25) is 14.6 Å². The van der Waals surface area contributed by atoms with E-state index in [4.69, 9.17) is 21.3 Å². The molecule has 0 spiro atoms. The lowest BCUT2D eigenvalue weighted by Gasteiger charge is -2.35. The molecular weight excluding hydrogens is 450 g/mol. The van der Waals surface area contributed by atoms with E-state index in [9.17, 15) is 9.59 Å². The normalized spacial score (nSPS) is 19.6. The van der Waals surface area contributed by atoms with Gasteiger partial charge in [-0.15, -0.1) is 0 Å². The molecule has 7 heteroatoms. The zero-order valence-electron chi connectivity index (χ0n) is 20.0. The Morgan fingerprint density at radius 1 is 1.21 bits per heavy atom. The zero-order valence-corrected chi connectivity index (χ0v) is 20.7. The Kier molecular flexibility index (Phi) is 7.08. The topological polar surface area (TPSA) is 71.0 Å². The van der Waals surface area contributed by atoms with Gasteiger partial charge in [0, 0.05) is 53.7 Å². The fourth-order valence-corrected chi connectivity index (χ4v) is 4.81. The zero-order chi connectivity index (χ0) is 24.4. The first-order valence-corrected chi connectivity index (χ1v) is 12.0. The Morgan fingerprint density at radius 3 is 2.59 bits per heavy atom. The van der Waals surface area contributed by atoms with E-state index >= 15 is 0 Å². The summed E-state index contributed by atoms with van der Waals surface area (Å²) >= 11 is 6.16. The molecule has 0 saturated carbocycles. The number of aliphatic imine (C=N–C) groups is 1. The highest BCUT2D eigenvalue weighted by atomic mass is 35.5. The molecule has 0 bridgehead atoms. The molecule has 0 radical (unpaired) electrons. The van der Waals surface area contributed by atoms with Crippen LogP contribution in [0.2, 0.25) is 5.02 Å². The van der Waals surface area contributed by atoms with Crippen LogP contribution in [0, 0.1) is 5.92 Å². The van der Waals surface area contributed by atoms with Crippen LogP contribution in [0.15, 0.2) is 53.7 Å². The number of rotatable bonds is 6. The molecule has 178 valence electrons. The number of halogens is 1. The van der Waals surface area contributed by atoms with Gasteiger partial charge in [-0.2, -0.15) is 0 Å². The Bertz CT molecular complexity index is 1150. The van der Waals surface area contributed by atoms with E-state index in [2.05, 4.69) is 5.32 Å². The molecule has 6 nitrogen and oxygen atoms in total. The predicted molar refractivity (Wildman–Crippen MR) is 135 cm³/mol. The maximum absolute atomic E-state index is 13.1. The number of fused-ring (bicyclic) bond motifs is 3. The molecule has 0 aromatic heterocycles. The van der Waals surface area contributed by atoms with Gasteiger partial charge in [0.25, 0.3) is 0 Å². The van der Waals surface area contributed by atoms with Gasteiger partial charge >= 0.3 is 0 Å². The number of amides is 2. The van der Waals surface area contributed by atoms with Crippen LogP contribution < -0.4 is 10.1 Å². The lowest BCUT2D eigenvalue weighted by molar-refractivity contribution is -0.131. The van der Waals surface area contributed by atoms with Crippen molar-refractivity contribution in [1.82, 2.24) is 10.2 Å². The summed E-state index contributed by atoms with van der Waals surface area (Å²) in [6.45, 7) is 6.45. The van der Waals surface area contributed by atoms with E-state index in [0.29, 0.717) is 23.7 Å². The van der Waals surface area contributed by atoms with E-state index in [1.807, 2.05) is 69.4 Å². The van der Waals surface area contributed by atoms with Gasteiger partial charge in [-0.05, 0) is 56.2 Å². The number of ether oxygens (including phenoxy) is 1. The van der Waals surface area contributed by atoms with Crippen LogP contribution in [-0.4, -0.2) is 48.2 Å². The average Bonchev–Trinajstić information content (AvgIpc) is 2.93. The third-order valence-electron chi connectivity index (χ3n) is 6.35. The number of methoxy groups -OCH3 is 1. The van der Waals surface area contributed by atoms with Gasteiger partial charge in [-0.1, -0.05) is 29.8 Å². The second-order valence-corrected chi connectivity index (χ2v) is 9.35. The van der Waals surface area contributed by atoms with E-state index < -0.39 is 0 Å². The first kappa shape index (κ1) is 24.0. The van der Waals surface area contributed by atoms with Crippen molar-refractivity contribution in [3.8, 4) is 5.75 Å². The summed E-state index contributed by atoms with van der Waals surface area (Å²) in [5, 5.41) is 3.52. The molecule has 4 rings (SSSR count). The minimum atomic E-state index is -0.389. The molecule has 2 unspecified atom stereocenters. The van der Waals surface area contributed by atoms with Crippen LogP contribution in [0.4, 0.5) is 0 Å². The number of carbonyl (C=O) groups excluding carboxylic acids is 2. The molecule has 0 saturated heterocycles. The molecule has 34 heavy (non-hydrogen) atoms. The van der Waals surface area contributed by atoms with Crippen LogP contribution >= 0.6 is 11.6 Å². The van der Waals surface area contributed by atoms with Crippen molar-refractivity contribution < 1.29 is 14.3 Å². The molecule has 2 aromatic rings. The van der Waals surface area contributed by atoms with E-state index in [0.717, 1.165) is 28.0 Å². The summed E-state index contributed by atoms with van der Waals surface area (Å²) in [5.74, 6) is 0.479. The molecule has 0 fully saturated rings. The molecule has 2 heterocycles. The van der Waals surface area contributed by atoms with Gasteiger partial charge in [-0.25, -0.2) is 0 Å². The number of benzene rings is 2. The number of hydrogen-bond donors (Lipinski definition) is 1. The minimum Gasteiger partial charge on any atom is -0.497 e. The number of carbonyl (C=O) groups is 2. The van der Waals surface area contributed by atoms with E-state index in [-0.39, 0.29) is 36.2 Å². The summed E-state index contributed by atoms with van der Waals surface area (Å²) in [6, 6.07) is 13.1. The predicted octanol–water partition coefficient (Wildman–Crippen LogP) is 4.69. The van der Waals surface area contributed by atoms with Gasteiger partial charge in [0.05, 0.1) is 18.9 Å². The number of nitrogens with one attached hydrogen (secondary N) is 1. The summed E-state index contributed by atoms with van der Waals surface area (Å²) in [4.78, 5) is 32.7. The molecule has 2 aliphatic heterocycles. The third-order valence-corrected chi connectivity index (χ3v) is 6.61. The first-order chi connectivity index (χ1) is 16.3. The van der Waals surface area contributed by atoms with Crippen molar-refractivity contribution in [3.05, 3.63) is 70.4 Å². The summed E-state index contributed by atoms with van der Waals surface area (Å²) < 4.78 is 5.54. The molecule has 2 atom stereocenters. The number of hydrogen-bond acceptors (Lipinski definition) is 4. The summed E-state index contributed by atoms with van der Waals surface area (Å²) in [5.41, 5.74) is 4.59. The summed E-state index contributed by atoms with van der Waals surface area (Å²) in [7, 11) is 1.64. The SMILES string of the molecule is CCNC(=O)CC1N=C(c2ccc(Cl)cc2)c2cc(OC)ccc2C2=CN(C(C)C)C(=O)CC21. The quantitative estimate of drug-likeness (QED) is 0.653. The minimum absolute atomic E-state index is 0.0318. The third kappa shape index (κ3) is 4.73. The smallest absolute Gasteiger partial charge is 0.227 e. The lowest BCUT2D eigenvalue weighted by atomic mass is 9.80.